The second-order valence-electron chi connectivity index (χ2n) is 4.02. The summed E-state index contributed by atoms with van der Waals surface area (Å²) in [5.74, 6) is -0.174. The van der Waals surface area contributed by atoms with E-state index in [9.17, 15) is 4.79 Å². The highest BCUT2D eigenvalue weighted by Crippen LogP contribution is 2.06. The van der Waals surface area contributed by atoms with Crippen molar-refractivity contribution in [2.24, 2.45) is 0 Å². The second kappa shape index (κ2) is 7.60. The van der Waals surface area contributed by atoms with Crippen molar-refractivity contribution < 1.29 is 14.3 Å². The Morgan fingerprint density at radius 1 is 1.50 bits per heavy atom. The van der Waals surface area contributed by atoms with E-state index in [1.165, 1.54) is 13.3 Å². The average molecular weight is 253 g/mol. The maximum atomic E-state index is 11.2. The molecule has 0 aliphatic rings. The molecule has 0 atom stereocenters. The van der Waals surface area contributed by atoms with Crippen molar-refractivity contribution in [2.45, 2.75) is 26.3 Å². The highest BCUT2D eigenvalue weighted by atomic mass is 16.5. The Morgan fingerprint density at radius 2 is 2.28 bits per heavy atom. The molecular formula is C12H19N3O3. The van der Waals surface area contributed by atoms with E-state index in [2.05, 4.69) is 33.9 Å². The third-order valence-electron chi connectivity index (χ3n) is 2.12. The smallest absolute Gasteiger partial charge is 0.376 e. The van der Waals surface area contributed by atoms with E-state index in [1.54, 1.807) is 6.07 Å². The molecule has 0 unspecified atom stereocenters. The standard InChI is InChI=1S/C12H19N3O3/c1-9(2)13-6-4-8-18-10-5-7-14-11(15-10)12(16)17-3/h5,7,9,13H,4,6,8H2,1-3H3. The van der Waals surface area contributed by atoms with Gasteiger partial charge in [-0.1, -0.05) is 13.8 Å². The van der Waals surface area contributed by atoms with Gasteiger partial charge in [-0.05, 0) is 13.0 Å². The van der Waals surface area contributed by atoms with E-state index in [-0.39, 0.29) is 5.82 Å². The first-order valence-electron chi connectivity index (χ1n) is 5.91. The summed E-state index contributed by atoms with van der Waals surface area (Å²) in [5.41, 5.74) is 0. The van der Waals surface area contributed by atoms with Gasteiger partial charge < -0.3 is 14.8 Å². The van der Waals surface area contributed by atoms with Crippen molar-refractivity contribution in [1.82, 2.24) is 15.3 Å². The first kappa shape index (κ1) is 14.4. The van der Waals surface area contributed by atoms with E-state index in [0.717, 1.165) is 13.0 Å². The number of carbonyl (C=O) groups is 1. The van der Waals surface area contributed by atoms with Crippen LogP contribution in [0.3, 0.4) is 0 Å². The van der Waals surface area contributed by atoms with Crippen LogP contribution in [0, 0.1) is 0 Å². The Morgan fingerprint density at radius 3 is 2.94 bits per heavy atom. The quantitative estimate of drug-likeness (QED) is 0.578. The van der Waals surface area contributed by atoms with Crippen LogP contribution in [-0.2, 0) is 4.74 Å². The number of rotatable bonds is 7. The molecule has 0 aliphatic heterocycles. The minimum absolute atomic E-state index is 0.00954. The summed E-state index contributed by atoms with van der Waals surface area (Å²) in [4.78, 5) is 19.0. The lowest BCUT2D eigenvalue weighted by Crippen LogP contribution is -2.24. The Bertz CT molecular complexity index is 383. The summed E-state index contributed by atoms with van der Waals surface area (Å²) in [6.45, 7) is 5.60. The molecule has 6 nitrogen and oxygen atoms in total. The number of hydrogen-bond donors (Lipinski definition) is 1. The molecule has 0 spiro atoms. The molecule has 1 N–H and O–H groups in total. The van der Waals surface area contributed by atoms with Crippen molar-refractivity contribution in [1.29, 1.82) is 0 Å². The number of hydrogen-bond acceptors (Lipinski definition) is 6. The molecule has 6 heteroatoms. The molecule has 1 rings (SSSR count). The van der Waals surface area contributed by atoms with E-state index in [4.69, 9.17) is 4.74 Å². The summed E-state index contributed by atoms with van der Waals surface area (Å²) in [6.07, 6.45) is 2.34. The summed E-state index contributed by atoms with van der Waals surface area (Å²) in [7, 11) is 1.29. The van der Waals surface area contributed by atoms with Gasteiger partial charge in [0.1, 0.15) is 0 Å². The predicted molar refractivity (Wildman–Crippen MR) is 66.6 cm³/mol. The van der Waals surface area contributed by atoms with Gasteiger partial charge in [0, 0.05) is 18.3 Å². The molecule has 0 saturated carbocycles. The predicted octanol–water partition coefficient (Wildman–Crippen LogP) is 1.03. The van der Waals surface area contributed by atoms with Crippen molar-refractivity contribution >= 4 is 5.97 Å². The van der Waals surface area contributed by atoms with Crippen molar-refractivity contribution in [3.8, 4) is 5.88 Å². The van der Waals surface area contributed by atoms with Crippen LogP contribution in [-0.4, -0.2) is 42.2 Å². The molecule has 0 saturated heterocycles. The second-order valence-corrected chi connectivity index (χ2v) is 4.02. The molecule has 0 amide bonds. The lowest BCUT2D eigenvalue weighted by atomic mass is 10.3. The third kappa shape index (κ3) is 5.09. The molecule has 1 aromatic rings. The van der Waals surface area contributed by atoms with Crippen molar-refractivity contribution in [2.75, 3.05) is 20.3 Å². The summed E-state index contributed by atoms with van der Waals surface area (Å²) in [5, 5.41) is 3.28. The minimum Gasteiger partial charge on any atom is -0.478 e. The number of esters is 1. The van der Waals surface area contributed by atoms with E-state index in [1.807, 2.05) is 0 Å². The van der Waals surface area contributed by atoms with Crippen LogP contribution >= 0.6 is 0 Å². The highest BCUT2D eigenvalue weighted by molar-refractivity contribution is 5.84. The van der Waals surface area contributed by atoms with Gasteiger partial charge in [0.2, 0.25) is 11.7 Å². The van der Waals surface area contributed by atoms with Gasteiger partial charge in [0.15, 0.2) is 0 Å². The van der Waals surface area contributed by atoms with Gasteiger partial charge in [-0.2, -0.15) is 4.98 Å². The molecule has 100 valence electrons. The number of ether oxygens (including phenoxy) is 2. The molecule has 18 heavy (non-hydrogen) atoms. The number of carbonyl (C=O) groups excluding carboxylic acids is 1. The fourth-order valence-corrected chi connectivity index (χ4v) is 1.25. The number of nitrogens with one attached hydrogen (secondary N) is 1. The average Bonchev–Trinajstić information content (AvgIpc) is 2.37. The van der Waals surface area contributed by atoms with E-state index < -0.39 is 5.97 Å². The van der Waals surface area contributed by atoms with Crippen LogP contribution in [0.2, 0.25) is 0 Å². The van der Waals surface area contributed by atoms with Gasteiger partial charge in [-0.3, -0.25) is 0 Å². The van der Waals surface area contributed by atoms with Crippen LogP contribution in [0.15, 0.2) is 12.3 Å². The number of aromatic nitrogens is 2. The maximum absolute atomic E-state index is 11.2. The van der Waals surface area contributed by atoms with E-state index in [0.29, 0.717) is 18.5 Å². The summed E-state index contributed by atoms with van der Waals surface area (Å²) >= 11 is 0. The largest absolute Gasteiger partial charge is 0.478 e. The Kier molecular flexibility index (Phi) is 6.07. The SMILES string of the molecule is COC(=O)c1nccc(OCCCNC(C)C)n1. The molecular weight excluding hydrogens is 234 g/mol. The van der Waals surface area contributed by atoms with Crippen LogP contribution < -0.4 is 10.1 Å². The Labute approximate surface area is 107 Å². The maximum Gasteiger partial charge on any atom is 0.376 e. The monoisotopic (exact) mass is 253 g/mol. The van der Waals surface area contributed by atoms with Gasteiger partial charge in [-0.15, -0.1) is 0 Å². The summed E-state index contributed by atoms with van der Waals surface area (Å²) in [6, 6.07) is 2.08. The Hall–Kier alpha value is -1.69. The van der Waals surface area contributed by atoms with Gasteiger partial charge in [0.05, 0.1) is 13.7 Å². The first-order valence-corrected chi connectivity index (χ1v) is 5.91. The van der Waals surface area contributed by atoms with Crippen molar-refractivity contribution in [3.05, 3.63) is 18.1 Å². The molecule has 0 aromatic carbocycles. The zero-order valence-corrected chi connectivity index (χ0v) is 11.0. The lowest BCUT2D eigenvalue weighted by Gasteiger charge is -2.08. The van der Waals surface area contributed by atoms with Gasteiger partial charge in [-0.25, -0.2) is 9.78 Å². The minimum atomic E-state index is -0.568. The van der Waals surface area contributed by atoms with Crippen molar-refractivity contribution in [3.63, 3.8) is 0 Å². The molecule has 1 heterocycles. The zero-order chi connectivity index (χ0) is 13.4. The van der Waals surface area contributed by atoms with Gasteiger partial charge in [0.25, 0.3) is 0 Å². The molecule has 0 bridgehead atoms. The van der Waals surface area contributed by atoms with Crippen LogP contribution in [0.4, 0.5) is 0 Å². The number of nitrogens with zero attached hydrogens (tertiary/aromatic N) is 2. The van der Waals surface area contributed by atoms with Gasteiger partial charge >= 0.3 is 5.97 Å². The fourth-order valence-electron chi connectivity index (χ4n) is 1.25. The Balaban J connectivity index is 2.36. The number of methoxy groups -OCH3 is 1. The van der Waals surface area contributed by atoms with Crippen LogP contribution in [0.5, 0.6) is 5.88 Å². The fraction of sp³-hybridized carbons (Fsp3) is 0.583. The normalized spacial score (nSPS) is 10.4. The zero-order valence-electron chi connectivity index (χ0n) is 11.0. The molecule has 0 radical (unpaired) electrons. The first-order chi connectivity index (χ1) is 8.63. The topological polar surface area (TPSA) is 73.3 Å². The van der Waals surface area contributed by atoms with E-state index >= 15 is 0 Å². The highest BCUT2D eigenvalue weighted by Gasteiger charge is 2.09. The van der Waals surface area contributed by atoms with Crippen LogP contribution in [0.1, 0.15) is 30.9 Å². The summed E-state index contributed by atoms with van der Waals surface area (Å²) < 4.78 is 9.96. The molecule has 0 aliphatic carbocycles. The molecule has 0 fully saturated rings. The van der Waals surface area contributed by atoms with Crippen LogP contribution in [0.25, 0.3) is 0 Å². The molecule has 1 aromatic heterocycles. The third-order valence-corrected chi connectivity index (χ3v) is 2.12. The lowest BCUT2D eigenvalue weighted by molar-refractivity contribution is 0.0585.